The van der Waals surface area contributed by atoms with E-state index in [-0.39, 0.29) is 12.5 Å². The highest BCUT2D eigenvalue weighted by molar-refractivity contribution is 6.30. The predicted molar refractivity (Wildman–Crippen MR) is 90.9 cm³/mol. The number of aryl methyl sites for hydroxylation is 1. The van der Waals surface area contributed by atoms with Crippen LogP contribution in [0.5, 0.6) is 5.75 Å². The van der Waals surface area contributed by atoms with Crippen molar-refractivity contribution in [2.45, 2.75) is 13.8 Å². The van der Waals surface area contributed by atoms with Crippen molar-refractivity contribution in [1.29, 1.82) is 0 Å². The fourth-order valence-electron chi connectivity index (χ4n) is 2.00. The predicted octanol–water partition coefficient (Wildman–Crippen LogP) is 4.10. The van der Waals surface area contributed by atoms with Crippen LogP contribution in [0.4, 0.5) is 11.4 Å². The number of carbonyl (C=O) groups excluding carboxylic acids is 1. The summed E-state index contributed by atoms with van der Waals surface area (Å²) in [6, 6.07) is 12.9. The first-order valence-electron chi connectivity index (χ1n) is 7.11. The largest absolute Gasteiger partial charge is 0.494 e. The summed E-state index contributed by atoms with van der Waals surface area (Å²) >= 11 is 5.95. The third kappa shape index (κ3) is 4.67. The molecule has 116 valence electrons. The molecule has 0 atom stereocenters. The molecule has 22 heavy (non-hydrogen) atoms. The van der Waals surface area contributed by atoms with Crippen molar-refractivity contribution in [3.63, 3.8) is 0 Å². The van der Waals surface area contributed by atoms with Crippen LogP contribution in [-0.4, -0.2) is 19.1 Å². The van der Waals surface area contributed by atoms with E-state index in [1.165, 1.54) is 0 Å². The Labute approximate surface area is 135 Å². The molecule has 0 spiro atoms. The zero-order chi connectivity index (χ0) is 15.9. The molecular weight excluding hydrogens is 300 g/mol. The molecule has 0 aromatic heterocycles. The number of nitrogens with one attached hydrogen (secondary N) is 2. The molecule has 0 aliphatic heterocycles. The lowest BCUT2D eigenvalue weighted by Gasteiger charge is -2.11. The van der Waals surface area contributed by atoms with E-state index in [9.17, 15) is 4.79 Å². The second-order valence-corrected chi connectivity index (χ2v) is 5.26. The van der Waals surface area contributed by atoms with Crippen LogP contribution in [0.15, 0.2) is 42.5 Å². The number of anilines is 2. The maximum absolute atomic E-state index is 12.0. The highest BCUT2D eigenvalue weighted by atomic mass is 35.5. The van der Waals surface area contributed by atoms with E-state index in [4.69, 9.17) is 16.3 Å². The molecule has 0 aliphatic rings. The van der Waals surface area contributed by atoms with Gasteiger partial charge in [0.1, 0.15) is 5.75 Å². The van der Waals surface area contributed by atoms with Crippen LogP contribution in [0, 0.1) is 6.92 Å². The number of ether oxygens (including phenoxy) is 1. The molecule has 1 amide bonds. The SMILES string of the molecule is CCOc1cccc(NC(=O)CNc2cc(Cl)ccc2C)c1. The number of hydrogen-bond acceptors (Lipinski definition) is 3. The van der Waals surface area contributed by atoms with Crippen molar-refractivity contribution in [1.82, 2.24) is 0 Å². The van der Waals surface area contributed by atoms with Crippen LogP contribution in [-0.2, 0) is 4.79 Å². The molecule has 0 aliphatic carbocycles. The quantitative estimate of drug-likeness (QED) is 0.843. The van der Waals surface area contributed by atoms with Gasteiger partial charge in [-0.2, -0.15) is 0 Å². The standard InChI is InChI=1S/C17H19ClN2O2/c1-3-22-15-6-4-5-14(10-15)20-17(21)11-19-16-9-13(18)8-7-12(16)2/h4-10,19H,3,11H2,1-2H3,(H,20,21). The Balaban J connectivity index is 1.93. The van der Waals surface area contributed by atoms with E-state index < -0.39 is 0 Å². The lowest BCUT2D eigenvalue weighted by Crippen LogP contribution is -2.22. The number of halogens is 1. The minimum Gasteiger partial charge on any atom is -0.494 e. The Morgan fingerprint density at radius 1 is 1.23 bits per heavy atom. The highest BCUT2D eigenvalue weighted by Gasteiger charge is 2.05. The van der Waals surface area contributed by atoms with Crippen molar-refractivity contribution in [3.05, 3.63) is 53.1 Å². The van der Waals surface area contributed by atoms with Gasteiger partial charge in [-0.1, -0.05) is 23.7 Å². The molecule has 0 fully saturated rings. The first kappa shape index (κ1) is 16.2. The summed E-state index contributed by atoms with van der Waals surface area (Å²) in [5.41, 5.74) is 2.60. The second kappa shape index (κ2) is 7.71. The molecule has 0 radical (unpaired) electrons. The molecule has 2 aromatic carbocycles. The van der Waals surface area contributed by atoms with Crippen LogP contribution in [0.2, 0.25) is 5.02 Å². The lowest BCUT2D eigenvalue weighted by molar-refractivity contribution is -0.114. The van der Waals surface area contributed by atoms with Gasteiger partial charge in [0.15, 0.2) is 0 Å². The van der Waals surface area contributed by atoms with Gasteiger partial charge < -0.3 is 15.4 Å². The molecular formula is C17H19ClN2O2. The summed E-state index contributed by atoms with van der Waals surface area (Å²) in [5.74, 6) is 0.604. The molecule has 5 heteroatoms. The third-order valence-electron chi connectivity index (χ3n) is 3.07. The highest BCUT2D eigenvalue weighted by Crippen LogP contribution is 2.20. The van der Waals surface area contributed by atoms with Gasteiger partial charge in [-0.05, 0) is 43.7 Å². The Kier molecular flexibility index (Phi) is 5.67. The molecule has 0 heterocycles. The maximum atomic E-state index is 12.0. The summed E-state index contributed by atoms with van der Waals surface area (Å²) in [4.78, 5) is 12.0. The molecule has 2 N–H and O–H groups in total. The van der Waals surface area contributed by atoms with Crippen molar-refractivity contribution < 1.29 is 9.53 Å². The van der Waals surface area contributed by atoms with Gasteiger partial charge in [0.2, 0.25) is 5.91 Å². The minimum atomic E-state index is -0.131. The van der Waals surface area contributed by atoms with Gasteiger partial charge in [-0.15, -0.1) is 0 Å². The third-order valence-corrected chi connectivity index (χ3v) is 3.30. The first-order chi connectivity index (χ1) is 10.6. The average molecular weight is 319 g/mol. The van der Waals surface area contributed by atoms with E-state index in [0.29, 0.717) is 17.3 Å². The Morgan fingerprint density at radius 3 is 2.82 bits per heavy atom. The average Bonchev–Trinajstić information content (AvgIpc) is 2.49. The fourth-order valence-corrected chi connectivity index (χ4v) is 2.17. The van der Waals surface area contributed by atoms with Crippen LogP contribution in [0.1, 0.15) is 12.5 Å². The molecule has 2 rings (SSSR count). The molecule has 0 saturated heterocycles. The van der Waals surface area contributed by atoms with Gasteiger partial charge in [0.25, 0.3) is 0 Å². The number of amides is 1. The normalized spacial score (nSPS) is 10.1. The fraction of sp³-hybridized carbons (Fsp3) is 0.235. The summed E-state index contributed by atoms with van der Waals surface area (Å²) in [6.45, 7) is 4.64. The summed E-state index contributed by atoms with van der Waals surface area (Å²) in [6.07, 6.45) is 0. The van der Waals surface area contributed by atoms with Crippen LogP contribution < -0.4 is 15.4 Å². The van der Waals surface area contributed by atoms with Gasteiger partial charge in [-0.25, -0.2) is 0 Å². The van der Waals surface area contributed by atoms with Crippen molar-refractivity contribution in [2.24, 2.45) is 0 Å². The van der Waals surface area contributed by atoms with Gasteiger partial charge in [0, 0.05) is 22.5 Å². The number of carbonyl (C=O) groups is 1. The molecule has 0 bridgehead atoms. The monoisotopic (exact) mass is 318 g/mol. The minimum absolute atomic E-state index is 0.131. The molecule has 2 aromatic rings. The van der Waals surface area contributed by atoms with E-state index in [1.807, 2.05) is 44.2 Å². The van der Waals surface area contributed by atoms with E-state index in [1.54, 1.807) is 12.1 Å². The second-order valence-electron chi connectivity index (χ2n) is 4.82. The molecule has 4 nitrogen and oxygen atoms in total. The summed E-state index contributed by atoms with van der Waals surface area (Å²) < 4.78 is 5.40. The lowest BCUT2D eigenvalue weighted by atomic mass is 10.2. The first-order valence-corrected chi connectivity index (χ1v) is 7.49. The van der Waals surface area contributed by atoms with Crippen molar-refractivity contribution >= 4 is 28.9 Å². The Hall–Kier alpha value is -2.20. The number of hydrogen-bond donors (Lipinski definition) is 2. The van der Waals surface area contributed by atoms with Crippen LogP contribution in [0.25, 0.3) is 0 Å². The van der Waals surface area contributed by atoms with Crippen molar-refractivity contribution in [2.75, 3.05) is 23.8 Å². The summed E-state index contributed by atoms with van der Waals surface area (Å²) in [5, 5.41) is 6.55. The number of benzene rings is 2. The number of rotatable bonds is 6. The van der Waals surface area contributed by atoms with Crippen molar-refractivity contribution in [3.8, 4) is 5.75 Å². The smallest absolute Gasteiger partial charge is 0.243 e. The Bertz CT molecular complexity index is 659. The van der Waals surface area contributed by atoms with Crippen LogP contribution in [0.3, 0.4) is 0 Å². The van der Waals surface area contributed by atoms with E-state index in [2.05, 4.69) is 10.6 Å². The summed E-state index contributed by atoms with van der Waals surface area (Å²) in [7, 11) is 0. The maximum Gasteiger partial charge on any atom is 0.243 e. The molecule has 0 saturated carbocycles. The Morgan fingerprint density at radius 2 is 2.05 bits per heavy atom. The zero-order valence-electron chi connectivity index (χ0n) is 12.7. The van der Waals surface area contributed by atoms with Gasteiger partial charge in [-0.3, -0.25) is 4.79 Å². The zero-order valence-corrected chi connectivity index (χ0v) is 13.4. The van der Waals surface area contributed by atoms with Gasteiger partial charge in [0.05, 0.1) is 13.2 Å². The van der Waals surface area contributed by atoms with Gasteiger partial charge >= 0.3 is 0 Å². The van der Waals surface area contributed by atoms with Crippen LogP contribution >= 0.6 is 11.6 Å². The molecule has 0 unspecified atom stereocenters. The topological polar surface area (TPSA) is 50.4 Å². The van der Waals surface area contributed by atoms with E-state index in [0.717, 1.165) is 17.0 Å². The van der Waals surface area contributed by atoms with E-state index >= 15 is 0 Å².